The maximum Gasteiger partial charge on any atom is 0.309 e. The Kier molecular flexibility index (Phi) is 2.28. The molecule has 1 heterocycles. The Morgan fingerprint density at radius 1 is 1.41 bits per heavy atom. The van der Waals surface area contributed by atoms with Gasteiger partial charge < -0.3 is 9.64 Å². The molecule has 1 spiro atoms. The number of ether oxygens (including phenoxy) is 1. The van der Waals surface area contributed by atoms with Gasteiger partial charge in [-0.05, 0) is 42.2 Å². The smallest absolute Gasteiger partial charge is 0.309 e. The van der Waals surface area contributed by atoms with Crippen LogP contribution in [0.1, 0.15) is 25.7 Å². The molecule has 1 fully saturated rings. The first kappa shape index (κ1) is 10.8. The molecule has 3 aliphatic rings. The number of hydrogen-bond donors (Lipinski definition) is 0. The van der Waals surface area contributed by atoms with Gasteiger partial charge in [0.25, 0.3) is 0 Å². The standard InChI is InChI=1S/C13H17NO3/c1-17-12(16)11-4-9-6-14(8-15)7-10(9)5-13(11)2-3-13/h8,11H,2-7H2,1H3. The van der Waals surface area contributed by atoms with Crippen LogP contribution in [-0.4, -0.2) is 37.5 Å². The number of carbonyl (C=O) groups is 2. The maximum atomic E-state index is 11.8. The number of hydrogen-bond acceptors (Lipinski definition) is 3. The van der Waals surface area contributed by atoms with E-state index < -0.39 is 0 Å². The molecular formula is C13H17NO3. The molecule has 17 heavy (non-hydrogen) atoms. The van der Waals surface area contributed by atoms with Gasteiger partial charge in [-0.2, -0.15) is 0 Å². The zero-order valence-electron chi connectivity index (χ0n) is 10.1. The lowest BCUT2D eigenvalue weighted by Crippen LogP contribution is -2.30. The van der Waals surface area contributed by atoms with Crippen molar-refractivity contribution in [2.45, 2.75) is 25.7 Å². The Balaban J connectivity index is 1.83. The van der Waals surface area contributed by atoms with E-state index in [2.05, 4.69) is 0 Å². The van der Waals surface area contributed by atoms with Gasteiger partial charge in [0.2, 0.25) is 6.41 Å². The fourth-order valence-electron chi connectivity index (χ4n) is 3.41. The number of esters is 1. The maximum absolute atomic E-state index is 11.8. The fraction of sp³-hybridized carbons (Fsp3) is 0.692. The summed E-state index contributed by atoms with van der Waals surface area (Å²) in [7, 11) is 1.47. The van der Waals surface area contributed by atoms with Crippen molar-refractivity contribution >= 4 is 12.4 Å². The number of nitrogens with zero attached hydrogens (tertiary/aromatic N) is 1. The van der Waals surface area contributed by atoms with Gasteiger partial charge in [0.05, 0.1) is 13.0 Å². The normalized spacial score (nSPS) is 29.2. The highest BCUT2D eigenvalue weighted by molar-refractivity contribution is 5.75. The average Bonchev–Trinajstić information content (AvgIpc) is 2.98. The Hall–Kier alpha value is -1.32. The molecule has 0 aromatic rings. The van der Waals surface area contributed by atoms with E-state index in [4.69, 9.17) is 4.74 Å². The summed E-state index contributed by atoms with van der Waals surface area (Å²) in [5, 5.41) is 0. The van der Waals surface area contributed by atoms with E-state index >= 15 is 0 Å². The summed E-state index contributed by atoms with van der Waals surface area (Å²) in [6.45, 7) is 1.48. The van der Waals surface area contributed by atoms with Gasteiger partial charge in [-0.3, -0.25) is 9.59 Å². The van der Waals surface area contributed by atoms with E-state index in [1.165, 1.54) is 18.3 Å². The Bertz CT molecular complexity index is 409. The van der Waals surface area contributed by atoms with Crippen LogP contribution >= 0.6 is 0 Å². The summed E-state index contributed by atoms with van der Waals surface area (Å²) in [6, 6.07) is 0. The highest BCUT2D eigenvalue weighted by Gasteiger charge is 2.56. The van der Waals surface area contributed by atoms with Crippen LogP contribution in [0.4, 0.5) is 0 Å². The van der Waals surface area contributed by atoms with Gasteiger partial charge in [0.1, 0.15) is 0 Å². The van der Waals surface area contributed by atoms with Crippen LogP contribution in [-0.2, 0) is 14.3 Å². The quantitative estimate of drug-likeness (QED) is 0.409. The van der Waals surface area contributed by atoms with Gasteiger partial charge >= 0.3 is 5.97 Å². The second-order valence-corrected chi connectivity index (χ2v) is 5.54. The van der Waals surface area contributed by atoms with Crippen LogP contribution in [0, 0.1) is 11.3 Å². The molecule has 4 heteroatoms. The molecule has 0 aromatic heterocycles. The van der Waals surface area contributed by atoms with Crippen molar-refractivity contribution in [3.8, 4) is 0 Å². The zero-order chi connectivity index (χ0) is 12.0. The predicted molar refractivity (Wildman–Crippen MR) is 61.1 cm³/mol. The summed E-state index contributed by atoms with van der Waals surface area (Å²) < 4.78 is 4.92. The van der Waals surface area contributed by atoms with Gasteiger partial charge in [-0.1, -0.05) is 0 Å². The molecule has 1 aliphatic heterocycles. The van der Waals surface area contributed by atoms with Crippen LogP contribution < -0.4 is 0 Å². The molecule has 0 aromatic carbocycles. The van der Waals surface area contributed by atoms with E-state index in [0.717, 1.165) is 38.6 Å². The molecule has 92 valence electrons. The lowest BCUT2D eigenvalue weighted by Gasteiger charge is -2.30. The second-order valence-electron chi connectivity index (χ2n) is 5.54. The third kappa shape index (κ3) is 1.58. The molecule has 3 rings (SSSR count). The Morgan fingerprint density at radius 2 is 2.12 bits per heavy atom. The monoisotopic (exact) mass is 235 g/mol. The summed E-state index contributed by atoms with van der Waals surface area (Å²) >= 11 is 0. The highest BCUT2D eigenvalue weighted by Crippen LogP contribution is 2.61. The van der Waals surface area contributed by atoms with E-state index in [1.54, 1.807) is 4.90 Å². The summed E-state index contributed by atoms with van der Waals surface area (Å²) in [4.78, 5) is 24.4. The van der Waals surface area contributed by atoms with Crippen molar-refractivity contribution in [3.05, 3.63) is 11.1 Å². The molecule has 0 N–H and O–H groups in total. The summed E-state index contributed by atoms with van der Waals surface area (Å²) in [6.07, 6.45) is 4.96. The van der Waals surface area contributed by atoms with Crippen LogP contribution in [0.3, 0.4) is 0 Å². The van der Waals surface area contributed by atoms with Gasteiger partial charge in [0, 0.05) is 13.1 Å². The Labute approximate surface area is 101 Å². The SMILES string of the molecule is COC(=O)C1CC2=C(CN(C=O)C2)CC12CC2. The molecule has 0 saturated heterocycles. The van der Waals surface area contributed by atoms with Crippen molar-refractivity contribution in [1.29, 1.82) is 0 Å². The lowest BCUT2D eigenvalue weighted by molar-refractivity contribution is -0.148. The van der Waals surface area contributed by atoms with Crippen LogP contribution in [0.15, 0.2) is 11.1 Å². The van der Waals surface area contributed by atoms with Crippen LogP contribution in [0.2, 0.25) is 0 Å². The van der Waals surface area contributed by atoms with Crippen molar-refractivity contribution in [2.75, 3.05) is 20.2 Å². The molecule has 0 bridgehead atoms. The third-order valence-corrected chi connectivity index (χ3v) is 4.57. The minimum absolute atomic E-state index is 0.0258. The molecule has 1 atom stereocenters. The lowest BCUT2D eigenvalue weighted by atomic mass is 9.74. The van der Waals surface area contributed by atoms with E-state index in [9.17, 15) is 9.59 Å². The number of carbonyl (C=O) groups excluding carboxylic acids is 2. The van der Waals surface area contributed by atoms with E-state index in [-0.39, 0.29) is 17.3 Å². The van der Waals surface area contributed by atoms with Crippen molar-refractivity contribution in [3.63, 3.8) is 0 Å². The first-order chi connectivity index (χ1) is 8.18. The molecular weight excluding hydrogens is 218 g/mol. The van der Waals surface area contributed by atoms with Crippen LogP contribution in [0.5, 0.6) is 0 Å². The fourth-order valence-corrected chi connectivity index (χ4v) is 3.41. The van der Waals surface area contributed by atoms with Gasteiger partial charge in [-0.15, -0.1) is 0 Å². The summed E-state index contributed by atoms with van der Waals surface area (Å²) in [5.41, 5.74) is 2.87. The minimum Gasteiger partial charge on any atom is -0.469 e. The number of amides is 1. The largest absolute Gasteiger partial charge is 0.469 e. The molecule has 2 aliphatic carbocycles. The predicted octanol–water partition coefficient (Wildman–Crippen LogP) is 1.12. The molecule has 1 unspecified atom stereocenters. The van der Waals surface area contributed by atoms with E-state index in [1.807, 2.05) is 0 Å². The minimum atomic E-state index is -0.0707. The zero-order valence-corrected chi connectivity index (χ0v) is 10.1. The van der Waals surface area contributed by atoms with E-state index in [0.29, 0.717) is 6.54 Å². The Morgan fingerprint density at radius 3 is 2.71 bits per heavy atom. The second kappa shape index (κ2) is 3.59. The average molecular weight is 235 g/mol. The molecule has 4 nitrogen and oxygen atoms in total. The summed E-state index contributed by atoms with van der Waals surface area (Å²) in [5.74, 6) is -0.0449. The third-order valence-electron chi connectivity index (χ3n) is 4.57. The van der Waals surface area contributed by atoms with Gasteiger partial charge in [0.15, 0.2) is 0 Å². The first-order valence-corrected chi connectivity index (χ1v) is 6.15. The number of rotatable bonds is 2. The van der Waals surface area contributed by atoms with Crippen molar-refractivity contribution in [2.24, 2.45) is 11.3 Å². The molecule has 0 radical (unpaired) electrons. The highest BCUT2D eigenvalue weighted by atomic mass is 16.5. The molecule has 1 amide bonds. The number of methoxy groups -OCH3 is 1. The van der Waals surface area contributed by atoms with Crippen molar-refractivity contribution < 1.29 is 14.3 Å². The van der Waals surface area contributed by atoms with Gasteiger partial charge in [-0.25, -0.2) is 0 Å². The first-order valence-electron chi connectivity index (χ1n) is 6.15. The van der Waals surface area contributed by atoms with Crippen LogP contribution in [0.25, 0.3) is 0 Å². The topological polar surface area (TPSA) is 46.6 Å². The molecule has 1 saturated carbocycles. The van der Waals surface area contributed by atoms with Crippen molar-refractivity contribution in [1.82, 2.24) is 4.90 Å².